The molecule has 0 aromatic heterocycles. The van der Waals surface area contributed by atoms with Gasteiger partial charge in [-0.1, -0.05) is 86.7 Å². The summed E-state index contributed by atoms with van der Waals surface area (Å²) in [6.45, 7) is 3.24. The maximum absolute atomic E-state index is 12.2. The Hall–Kier alpha value is -2.76. The van der Waals surface area contributed by atoms with E-state index in [1.807, 2.05) is 42.5 Å². The molecule has 1 N–H and O–H groups in total. The fourth-order valence-corrected chi connectivity index (χ4v) is 4.11. The molecule has 0 aliphatic heterocycles. The molecule has 0 saturated carbocycles. The summed E-state index contributed by atoms with van der Waals surface area (Å²) in [6.07, 6.45) is 4.84. The fourth-order valence-electron chi connectivity index (χ4n) is 3.41. The summed E-state index contributed by atoms with van der Waals surface area (Å²) in [6, 6.07) is 24.0. The van der Waals surface area contributed by atoms with Crippen molar-refractivity contribution in [3.8, 4) is 16.9 Å². The fraction of sp³-hybridized carbons (Fsp3) is 0.321. The highest BCUT2D eigenvalue weighted by atomic mass is 32.2. The summed E-state index contributed by atoms with van der Waals surface area (Å²) in [7, 11) is 1.68. The Morgan fingerprint density at radius 3 is 2.21 bits per heavy atom. The van der Waals surface area contributed by atoms with Crippen LogP contribution < -0.4 is 9.46 Å². The Morgan fingerprint density at radius 1 is 0.848 bits per heavy atom. The SMILES string of the molecule is CCCCCCSNC(=O)c1ccc(COCc2ccc(-c3cccc(OC)c3)cc2)cc1. The van der Waals surface area contributed by atoms with E-state index in [9.17, 15) is 4.79 Å². The predicted octanol–water partition coefficient (Wildman–Crippen LogP) is 7.04. The molecule has 4 nitrogen and oxygen atoms in total. The topological polar surface area (TPSA) is 47.6 Å². The lowest BCUT2D eigenvalue weighted by atomic mass is 10.0. The van der Waals surface area contributed by atoms with Crippen LogP contribution >= 0.6 is 11.9 Å². The van der Waals surface area contributed by atoms with Gasteiger partial charge < -0.3 is 9.47 Å². The summed E-state index contributed by atoms with van der Waals surface area (Å²) in [5, 5.41) is 0. The summed E-state index contributed by atoms with van der Waals surface area (Å²) in [5.41, 5.74) is 5.11. The van der Waals surface area contributed by atoms with Gasteiger partial charge >= 0.3 is 0 Å². The van der Waals surface area contributed by atoms with Crippen molar-refractivity contribution < 1.29 is 14.3 Å². The van der Waals surface area contributed by atoms with Crippen LogP contribution in [0.3, 0.4) is 0 Å². The number of amides is 1. The van der Waals surface area contributed by atoms with E-state index in [1.165, 1.54) is 31.2 Å². The molecule has 0 spiro atoms. The summed E-state index contributed by atoms with van der Waals surface area (Å²) in [4.78, 5) is 12.2. The molecule has 0 bridgehead atoms. The number of rotatable bonds is 13. The third-order valence-corrected chi connectivity index (χ3v) is 6.20. The van der Waals surface area contributed by atoms with E-state index in [4.69, 9.17) is 9.47 Å². The van der Waals surface area contributed by atoms with Gasteiger partial charge in [-0.2, -0.15) is 0 Å². The number of ether oxygens (including phenoxy) is 2. The number of carbonyl (C=O) groups is 1. The zero-order chi connectivity index (χ0) is 23.3. The molecule has 0 fully saturated rings. The van der Waals surface area contributed by atoms with Crippen LogP contribution in [-0.4, -0.2) is 18.8 Å². The van der Waals surface area contributed by atoms with Gasteiger partial charge in [-0.15, -0.1) is 0 Å². The minimum atomic E-state index is -0.0425. The highest BCUT2D eigenvalue weighted by molar-refractivity contribution is 7.97. The number of nitrogens with one attached hydrogen (secondary N) is 1. The zero-order valence-corrected chi connectivity index (χ0v) is 20.3. The first kappa shape index (κ1) is 24.9. The molecule has 0 aliphatic carbocycles. The molecular weight excluding hydrogens is 430 g/mol. The van der Waals surface area contributed by atoms with Gasteiger partial charge in [0.15, 0.2) is 0 Å². The quantitative estimate of drug-likeness (QED) is 0.218. The molecule has 0 radical (unpaired) electrons. The van der Waals surface area contributed by atoms with Crippen molar-refractivity contribution >= 4 is 17.9 Å². The third-order valence-electron chi connectivity index (χ3n) is 5.38. The lowest BCUT2D eigenvalue weighted by Gasteiger charge is -2.08. The predicted molar refractivity (Wildman–Crippen MR) is 137 cm³/mol. The lowest BCUT2D eigenvalue weighted by Crippen LogP contribution is -2.16. The molecule has 0 heterocycles. The number of hydrogen-bond acceptors (Lipinski definition) is 4. The Balaban J connectivity index is 1.41. The molecule has 174 valence electrons. The van der Waals surface area contributed by atoms with Gasteiger partial charge in [-0.3, -0.25) is 9.52 Å². The van der Waals surface area contributed by atoms with Crippen molar-refractivity contribution in [2.45, 2.75) is 45.8 Å². The van der Waals surface area contributed by atoms with Crippen LogP contribution in [-0.2, 0) is 18.0 Å². The minimum Gasteiger partial charge on any atom is -0.497 e. The van der Waals surface area contributed by atoms with Crippen LogP contribution in [0.25, 0.3) is 11.1 Å². The first-order chi connectivity index (χ1) is 16.2. The second kappa shape index (κ2) is 13.7. The van der Waals surface area contributed by atoms with E-state index in [-0.39, 0.29) is 5.91 Å². The van der Waals surface area contributed by atoms with E-state index in [1.54, 1.807) is 7.11 Å². The number of methoxy groups -OCH3 is 1. The van der Waals surface area contributed by atoms with Gasteiger partial charge in [0.05, 0.1) is 20.3 Å². The van der Waals surface area contributed by atoms with Crippen molar-refractivity contribution in [3.63, 3.8) is 0 Å². The Labute approximate surface area is 201 Å². The maximum atomic E-state index is 12.2. The zero-order valence-electron chi connectivity index (χ0n) is 19.5. The largest absolute Gasteiger partial charge is 0.497 e. The van der Waals surface area contributed by atoms with Crippen LogP contribution in [0.5, 0.6) is 5.75 Å². The first-order valence-electron chi connectivity index (χ1n) is 11.5. The third kappa shape index (κ3) is 8.26. The second-order valence-electron chi connectivity index (χ2n) is 7.96. The van der Waals surface area contributed by atoms with E-state index in [0.29, 0.717) is 18.8 Å². The minimum absolute atomic E-state index is 0.0425. The van der Waals surface area contributed by atoms with Crippen LogP contribution in [0.4, 0.5) is 0 Å². The molecule has 0 atom stereocenters. The summed E-state index contributed by atoms with van der Waals surface area (Å²) < 4.78 is 14.1. The number of carbonyl (C=O) groups excluding carboxylic acids is 1. The Bertz CT molecular complexity index is 987. The van der Waals surface area contributed by atoms with Crippen molar-refractivity contribution in [2.75, 3.05) is 12.9 Å². The van der Waals surface area contributed by atoms with E-state index in [2.05, 4.69) is 42.0 Å². The molecule has 0 saturated heterocycles. The van der Waals surface area contributed by atoms with Gasteiger partial charge in [0.1, 0.15) is 5.75 Å². The normalized spacial score (nSPS) is 10.7. The molecule has 0 unspecified atom stereocenters. The molecule has 3 rings (SSSR count). The van der Waals surface area contributed by atoms with Crippen LogP contribution in [0, 0.1) is 0 Å². The summed E-state index contributed by atoms with van der Waals surface area (Å²) >= 11 is 1.49. The number of benzene rings is 3. The average Bonchev–Trinajstić information content (AvgIpc) is 2.87. The van der Waals surface area contributed by atoms with Gasteiger partial charge in [-0.05, 0) is 52.9 Å². The number of unbranched alkanes of at least 4 members (excludes halogenated alkanes) is 3. The van der Waals surface area contributed by atoms with Crippen molar-refractivity contribution in [3.05, 3.63) is 89.5 Å². The van der Waals surface area contributed by atoms with Crippen molar-refractivity contribution in [1.29, 1.82) is 0 Å². The van der Waals surface area contributed by atoms with E-state index >= 15 is 0 Å². The smallest absolute Gasteiger partial charge is 0.261 e. The Morgan fingerprint density at radius 2 is 1.55 bits per heavy atom. The molecule has 3 aromatic carbocycles. The average molecular weight is 464 g/mol. The molecule has 3 aromatic rings. The first-order valence-corrected chi connectivity index (χ1v) is 12.5. The van der Waals surface area contributed by atoms with Gasteiger partial charge in [0.25, 0.3) is 5.91 Å². The second-order valence-corrected chi connectivity index (χ2v) is 8.86. The Kier molecular flexibility index (Phi) is 10.3. The molecule has 5 heteroatoms. The molecule has 0 aliphatic rings. The highest BCUT2D eigenvalue weighted by Gasteiger charge is 2.06. The molecule has 33 heavy (non-hydrogen) atoms. The number of hydrogen-bond donors (Lipinski definition) is 1. The van der Waals surface area contributed by atoms with Crippen LogP contribution in [0.1, 0.15) is 54.1 Å². The standard InChI is InChI=1S/C28H33NO3S/c1-3-4-5-6-18-33-29-28(30)25-16-12-23(13-17-25)21-32-20-22-10-14-24(15-11-22)26-8-7-9-27(19-26)31-2/h7-17,19H,3-6,18,20-21H2,1-2H3,(H,29,30). The monoisotopic (exact) mass is 463 g/mol. The lowest BCUT2D eigenvalue weighted by molar-refractivity contribution is 0.0983. The van der Waals surface area contributed by atoms with Gasteiger partial charge in [-0.25, -0.2) is 0 Å². The van der Waals surface area contributed by atoms with Crippen molar-refractivity contribution in [1.82, 2.24) is 4.72 Å². The van der Waals surface area contributed by atoms with E-state index in [0.717, 1.165) is 40.2 Å². The molecular formula is C28H33NO3S. The van der Waals surface area contributed by atoms with E-state index < -0.39 is 0 Å². The van der Waals surface area contributed by atoms with Gasteiger partial charge in [0.2, 0.25) is 0 Å². The molecule has 1 amide bonds. The van der Waals surface area contributed by atoms with Crippen LogP contribution in [0.2, 0.25) is 0 Å². The summed E-state index contributed by atoms with van der Waals surface area (Å²) in [5.74, 6) is 1.77. The van der Waals surface area contributed by atoms with Gasteiger partial charge in [0, 0.05) is 11.3 Å². The van der Waals surface area contributed by atoms with Crippen molar-refractivity contribution in [2.24, 2.45) is 0 Å². The van der Waals surface area contributed by atoms with Crippen LogP contribution in [0.15, 0.2) is 72.8 Å². The maximum Gasteiger partial charge on any atom is 0.261 e. The highest BCUT2D eigenvalue weighted by Crippen LogP contribution is 2.24.